The molecule has 2 amide bonds. The van der Waals surface area contributed by atoms with Crippen molar-refractivity contribution in [2.24, 2.45) is 0 Å². The van der Waals surface area contributed by atoms with Crippen LogP contribution in [0.3, 0.4) is 0 Å². The van der Waals surface area contributed by atoms with Gasteiger partial charge in [0.25, 0.3) is 0 Å². The molecule has 0 saturated heterocycles. The standard InChI is InChI=1S/C29H25F3N4OS/c30-29(31,32)22-16-18-24(19-17-22)33-27(37)35-25(20-10-4-1-5-11-20)26(21-12-6-2-7-13-21)36-28(38)34-23-14-8-3-9-15-23/h1-19,25-26H,(H2,33,35,37)(H2,34,36,38)/t25-,26-/m1/s1. The van der Waals surface area contributed by atoms with E-state index in [0.29, 0.717) is 5.11 Å². The first-order chi connectivity index (χ1) is 18.3. The van der Waals surface area contributed by atoms with E-state index < -0.39 is 29.9 Å². The third-order valence-corrected chi connectivity index (χ3v) is 5.95. The number of thiocarbonyl (C=S) groups is 1. The normalized spacial score (nSPS) is 12.6. The van der Waals surface area contributed by atoms with Crippen LogP contribution in [0.1, 0.15) is 28.8 Å². The maximum absolute atomic E-state index is 13.1. The Morgan fingerprint density at radius 1 is 0.605 bits per heavy atom. The topological polar surface area (TPSA) is 65.2 Å². The predicted molar refractivity (Wildman–Crippen MR) is 148 cm³/mol. The van der Waals surface area contributed by atoms with Gasteiger partial charge in [0.05, 0.1) is 17.6 Å². The molecule has 0 spiro atoms. The molecule has 0 bridgehead atoms. The van der Waals surface area contributed by atoms with Gasteiger partial charge in [-0.2, -0.15) is 13.2 Å². The van der Waals surface area contributed by atoms with Crippen molar-refractivity contribution in [3.05, 3.63) is 132 Å². The number of halogens is 3. The van der Waals surface area contributed by atoms with E-state index in [4.69, 9.17) is 12.2 Å². The average molecular weight is 535 g/mol. The van der Waals surface area contributed by atoms with E-state index in [2.05, 4.69) is 21.3 Å². The van der Waals surface area contributed by atoms with E-state index in [1.165, 1.54) is 12.1 Å². The third kappa shape index (κ3) is 7.33. The molecule has 0 radical (unpaired) electrons. The lowest BCUT2D eigenvalue weighted by atomic mass is 9.93. The highest BCUT2D eigenvalue weighted by Gasteiger charge is 2.30. The molecule has 2 atom stereocenters. The fraction of sp³-hybridized carbons (Fsp3) is 0.103. The number of nitrogens with one attached hydrogen (secondary N) is 4. The summed E-state index contributed by atoms with van der Waals surface area (Å²) in [7, 11) is 0. The number of alkyl halides is 3. The van der Waals surface area contributed by atoms with E-state index in [-0.39, 0.29) is 5.69 Å². The summed E-state index contributed by atoms with van der Waals surface area (Å²) >= 11 is 5.60. The van der Waals surface area contributed by atoms with E-state index in [1.54, 1.807) is 0 Å². The second-order valence-electron chi connectivity index (χ2n) is 8.41. The summed E-state index contributed by atoms with van der Waals surface area (Å²) in [5, 5.41) is 12.4. The summed E-state index contributed by atoms with van der Waals surface area (Å²) in [6.07, 6.45) is -4.46. The largest absolute Gasteiger partial charge is 0.416 e. The molecule has 0 aliphatic rings. The zero-order valence-electron chi connectivity index (χ0n) is 20.1. The molecule has 9 heteroatoms. The lowest BCUT2D eigenvalue weighted by Gasteiger charge is -2.31. The van der Waals surface area contributed by atoms with Gasteiger partial charge in [-0.05, 0) is 59.7 Å². The number of hydrogen-bond donors (Lipinski definition) is 4. The van der Waals surface area contributed by atoms with Crippen molar-refractivity contribution in [3.63, 3.8) is 0 Å². The predicted octanol–water partition coefficient (Wildman–Crippen LogP) is 7.30. The van der Waals surface area contributed by atoms with Crippen LogP contribution in [0.5, 0.6) is 0 Å². The van der Waals surface area contributed by atoms with Gasteiger partial charge in [-0.15, -0.1) is 0 Å². The monoisotopic (exact) mass is 534 g/mol. The Labute approximate surface area is 224 Å². The summed E-state index contributed by atoms with van der Waals surface area (Å²) < 4.78 is 38.7. The Morgan fingerprint density at radius 2 is 1.05 bits per heavy atom. The van der Waals surface area contributed by atoms with Gasteiger partial charge in [0.15, 0.2) is 5.11 Å². The highest BCUT2D eigenvalue weighted by atomic mass is 32.1. The van der Waals surface area contributed by atoms with Crippen LogP contribution < -0.4 is 21.3 Å². The molecule has 0 unspecified atom stereocenters. The Hall–Kier alpha value is -4.37. The van der Waals surface area contributed by atoms with E-state index in [1.807, 2.05) is 91.0 Å². The third-order valence-electron chi connectivity index (χ3n) is 5.73. The molecule has 4 aromatic rings. The summed E-state index contributed by atoms with van der Waals surface area (Å²) in [6, 6.07) is 30.9. The number of carbonyl (C=O) groups is 1. The Kier molecular flexibility index (Phi) is 8.60. The van der Waals surface area contributed by atoms with Gasteiger partial charge in [-0.25, -0.2) is 4.79 Å². The molecule has 194 valence electrons. The van der Waals surface area contributed by atoms with Crippen LogP contribution in [0.25, 0.3) is 0 Å². The maximum atomic E-state index is 13.1. The summed E-state index contributed by atoms with van der Waals surface area (Å²) in [5.74, 6) is 0. The molecule has 38 heavy (non-hydrogen) atoms. The van der Waals surface area contributed by atoms with Gasteiger partial charge in [0.2, 0.25) is 0 Å². The van der Waals surface area contributed by atoms with Crippen molar-refractivity contribution in [2.45, 2.75) is 18.3 Å². The maximum Gasteiger partial charge on any atom is 0.416 e. The highest BCUT2D eigenvalue weighted by Crippen LogP contribution is 2.31. The minimum absolute atomic E-state index is 0.229. The number of rotatable bonds is 7. The summed E-state index contributed by atoms with van der Waals surface area (Å²) in [5.41, 5.74) is 1.92. The second-order valence-corrected chi connectivity index (χ2v) is 8.82. The minimum Gasteiger partial charge on any atom is -0.353 e. The van der Waals surface area contributed by atoms with Crippen LogP contribution in [0.2, 0.25) is 0 Å². The van der Waals surface area contributed by atoms with Gasteiger partial charge in [0.1, 0.15) is 0 Å². The van der Waals surface area contributed by atoms with Crippen molar-refractivity contribution in [1.29, 1.82) is 0 Å². The van der Waals surface area contributed by atoms with E-state index >= 15 is 0 Å². The molecule has 4 N–H and O–H groups in total. The first-order valence-corrected chi connectivity index (χ1v) is 12.2. The Morgan fingerprint density at radius 3 is 1.55 bits per heavy atom. The van der Waals surface area contributed by atoms with E-state index in [9.17, 15) is 18.0 Å². The van der Waals surface area contributed by atoms with Gasteiger partial charge < -0.3 is 21.3 Å². The van der Waals surface area contributed by atoms with Crippen LogP contribution in [0.15, 0.2) is 115 Å². The average Bonchev–Trinajstić information content (AvgIpc) is 2.92. The number of carbonyl (C=O) groups excluding carboxylic acids is 1. The Bertz CT molecular complexity index is 1340. The fourth-order valence-corrected chi connectivity index (χ4v) is 4.16. The lowest BCUT2D eigenvalue weighted by Crippen LogP contribution is -2.43. The van der Waals surface area contributed by atoms with Crippen molar-refractivity contribution in [3.8, 4) is 0 Å². The number of hydrogen-bond acceptors (Lipinski definition) is 2. The first-order valence-electron chi connectivity index (χ1n) is 11.8. The van der Waals surface area contributed by atoms with Crippen LogP contribution in [0, 0.1) is 0 Å². The zero-order chi connectivity index (χ0) is 27.0. The molecule has 0 aliphatic carbocycles. The quantitative estimate of drug-likeness (QED) is 0.188. The van der Waals surface area contributed by atoms with Gasteiger partial charge in [0, 0.05) is 11.4 Å². The Balaban J connectivity index is 1.59. The van der Waals surface area contributed by atoms with Crippen molar-refractivity contribution in [1.82, 2.24) is 10.6 Å². The van der Waals surface area contributed by atoms with Crippen LogP contribution >= 0.6 is 12.2 Å². The molecular formula is C29H25F3N4OS. The first kappa shape index (κ1) is 26.7. The van der Waals surface area contributed by atoms with Crippen LogP contribution in [-0.4, -0.2) is 11.1 Å². The van der Waals surface area contributed by atoms with Crippen LogP contribution in [0.4, 0.5) is 29.3 Å². The number of amides is 2. The molecule has 5 nitrogen and oxygen atoms in total. The molecule has 4 aromatic carbocycles. The summed E-state index contributed by atoms with van der Waals surface area (Å²) in [6.45, 7) is 0. The van der Waals surface area contributed by atoms with Crippen molar-refractivity contribution in [2.75, 3.05) is 10.6 Å². The lowest BCUT2D eigenvalue weighted by molar-refractivity contribution is -0.137. The van der Waals surface area contributed by atoms with Gasteiger partial charge in [-0.1, -0.05) is 78.9 Å². The van der Waals surface area contributed by atoms with E-state index in [0.717, 1.165) is 28.9 Å². The number of urea groups is 1. The molecule has 0 aromatic heterocycles. The number of para-hydroxylation sites is 1. The highest BCUT2D eigenvalue weighted by molar-refractivity contribution is 7.80. The fourth-order valence-electron chi connectivity index (χ4n) is 3.92. The second kappa shape index (κ2) is 12.2. The molecule has 0 aliphatic heterocycles. The smallest absolute Gasteiger partial charge is 0.353 e. The molecular weight excluding hydrogens is 509 g/mol. The van der Waals surface area contributed by atoms with Gasteiger partial charge in [-0.3, -0.25) is 0 Å². The minimum atomic E-state index is -4.46. The molecule has 0 saturated carbocycles. The number of benzene rings is 4. The number of anilines is 2. The van der Waals surface area contributed by atoms with Crippen molar-refractivity contribution < 1.29 is 18.0 Å². The summed E-state index contributed by atoms with van der Waals surface area (Å²) in [4.78, 5) is 13.1. The molecule has 0 heterocycles. The molecule has 0 fully saturated rings. The molecule has 4 rings (SSSR count). The SMILES string of the molecule is O=C(Nc1ccc(C(F)(F)F)cc1)N[C@H](c1ccccc1)[C@H](NC(=S)Nc1ccccc1)c1ccccc1. The van der Waals surface area contributed by atoms with Crippen molar-refractivity contribution >= 4 is 34.7 Å². The van der Waals surface area contributed by atoms with Crippen LogP contribution in [-0.2, 0) is 6.18 Å². The zero-order valence-corrected chi connectivity index (χ0v) is 20.9. The van der Waals surface area contributed by atoms with Gasteiger partial charge >= 0.3 is 12.2 Å².